The van der Waals surface area contributed by atoms with E-state index in [0.29, 0.717) is 16.1 Å². The first-order valence-electron chi connectivity index (χ1n) is 7.94. The number of aromatic nitrogens is 4. The summed E-state index contributed by atoms with van der Waals surface area (Å²) in [5.41, 5.74) is 2.57. The maximum absolute atomic E-state index is 12.0. The minimum absolute atomic E-state index is 0.0828. The van der Waals surface area contributed by atoms with Crippen molar-refractivity contribution in [3.63, 3.8) is 0 Å². The first kappa shape index (κ1) is 17.0. The Bertz CT molecular complexity index is 1060. The highest BCUT2D eigenvalue weighted by molar-refractivity contribution is 8.15. The second-order valence-electron chi connectivity index (χ2n) is 5.46. The van der Waals surface area contributed by atoms with E-state index in [2.05, 4.69) is 30.1 Å². The highest BCUT2D eigenvalue weighted by Gasteiger charge is 2.18. The van der Waals surface area contributed by atoms with Gasteiger partial charge in [0.05, 0.1) is 17.0 Å². The van der Waals surface area contributed by atoms with Gasteiger partial charge < -0.3 is 9.88 Å². The molecule has 2 aromatic heterocycles. The average Bonchev–Trinajstić information content (AvgIpc) is 3.20. The SMILES string of the molecule is CCn1c2ccccc2c2nnc(SCC(=O)N=C3NC(=O)CS3)nc21. The Labute approximate surface area is 156 Å². The van der Waals surface area contributed by atoms with Crippen molar-refractivity contribution in [2.45, 2.75) is 18.6 Å². The molecule has 1 aliphatic rings. The van der Waals surface area contributed by atoms with E-state index in [-0.39, 0.29) is 17.6 Å². The van der Waals surface area contributed by atoms with E-state index in [0.717, 1.165) is 28.6 Å². The lowest BCUT2D eigenvalue weighted by molar-refractivity contribution is -0.116. The number of hydrogen-bond acceptors (Lipinski definition) is 7. The first-order chi connectivity index (χ1) is 12.7. The zero-order valence-electron chi connectivity index (χ0n) is 13.8. The van der Waals surface area contributed by atoms with Gasteiger partial charge in [-0.05, 0) is 13.0 Å². The van der Waals surface area contributed by atoms with Gasteiger partial charge in [0.15, 0.2) is 10.8 Å². The summed E-state index contributed by atoms with van der Waals surface area (Å²) >= 11 is 2.40. The van der Waals surface area contributed by atoms with Crippen molar-refractivity contribution in [1.82, 2.24) is 25.1 Å². The number of aliphatic imine (C=N–C) groups is 1. The van der Waals surface area contributed by atoms with Crippen LogP contribution in [0.1, 0.15) is 6.92 Å². The van der Waals surface area contributed by atoms with Gasteiger partial charge in [0.1, 0.15) is 5.52 Å². The fraction of sp³-hybridized carbons (Fsp3) is 0.250. The molecule has 1 saturated heterocycles. The number of amidine groups is 1. The minimum Gasteiger partial charge on any atom is -0.324 e. The second kappa shape index (κ2) is 7.04. The molecule has 0 aliphatic carbocycles. The van der Waals surface area contributed by atoms with E-state index in [1.807, 2.05) is 31.2 Å². The van der Waals surface area contributed by atoms with Crippen molar-refractivity contribution < 1.29 is 9.59 Å². The van der Waals surface area contributed by atoms with Crippen LogP contribution >= 0.6 is 23.5 Å². The summed E-state index contributed by atoms with van der Waals surface area (Å²) in [4.78, 5) is 31.5. The molecule has 2 amide bonds. The zero-order valence-corrected chi connectivity index (χ0v) is 15.4. The number of nitrogens with zero attached hydrogens (tertiary/aromatic N) is 5. The molecule has 1 aliphatic heterocycles. The lowest BCUT2D eigenvalue weighted by atomic mass is 10.2. The third kappa shape index (κ3) is 3.17. The van der Waals surface area contributed by atoms with Crippen molar-refractivity contribution >= 4 is 62.6 Å². The Morgan fingerprint density at radius 1 is 1.38 bits per heavy atom. The van der Waals surface area contributed by atoms with Crippen LogP contribution < -0.4 is 5.32 Å². The summed E-state index contributed by atoms with van der Waals surface area (Å²) < 4.78 is 2.08. The van der Waals surface area contributed by atoms with E-state index >= 15 is 0 Å². The molecule has 3 heterocycles. The molecule has 0 saturated carbocycles. The van der Waals surface area contributed by atoms with Gasteiger partial charge >= 0.3 is 0 Å². The molecule has 3 aromatic rings. The van der Waals surface area contributed by atoms with Crippen LogP contribution in [0.3, 0.4) is 0 Å². The number of hydrogen-bond donors (Lipinski definition) is 1. The topological polar surface area (TPSA) is 102 Å². The van der Waals surface area contributed by atoms with Gasteiger partial charge in [0.25, 0.3) is 5.91 Å². The van der Waals surface area contributed by atoms with E-state index in [9.17, 15) is 9.59 Å². The van der Waals surface area contributed by atoms with E-state index < -0.39 is 0 Å². The third-order valence-electron chi connectivity index (χ3n) is 3.81. The lowest BCUT2D eigenvalue weighted by Gasteiger charge is -2.02. The molecule has 0 radical (unpaired) electrons. The molecular weight excluding hydrogens is 372 g/mol. The first-order valence-corrected chi connectivity index (χ1v) is 9.91. The largest absolute Gasteiger partial charge is 0.324 e. The van der Waals surface area contributed by atoms with Gasteiger partial charge in [-0.2, -0.15) is 4.99 Å². The summed E-state index contributed by atoms with van der Waals surface area (Å²) in [6.07, 6.45) is 0. The van der Waals surface area contributed by atoms with Crippen LogP contribution in [0.5, 0.6) is 0 Å². The Morgan fingerprint density at radius 2 is 2.23 bits per heavy atom. The van der Waals surface area contributed by atoms with Crippen LogP contribution in [0.15, 0.2) is 34.4 Å². The van der Waals surface area contributed by atoms with Crippen molar-refractivity contribution in [1.29, 1.82) is 0 Å². The fourth-order valence-corrected chi connectivity index (χ4v) is 3.99. The quantitative estimate of drug-likeness (QED) is 0.683. The zero-order chi connectivity index (χ0) is 18.1. The smallest absolute Gasteiger partial charge is 0.258 e. The van der Waals surface area contributed by atoms with Gasteiger partial charge in [0, 0.05) is 11.9 Å². The summed E-state index contributed by atoms with van der Waals surface area (Å²) in [7, 11) is 0. The number of nitrogens with one attached hydrogen (secondary N) is 1. The number of carbonyl (C=O) groups excluding carboxylic acids is 2. The highest BCUT2D eigenvalue weighted by atomic mass is 32.2. The maximum atomic E-state index is 12.0. The summed E-state index contributed by atoms with van der Waals surface area (Å²) in [6.45, 7) is 2.81. The molecule has 0 atom stereocenters. The number of thioether (sulfide) groups is 2. The standard InChI is InChI=1S/C16H14N6O2S2/c1-2-22-10-6-4-3-5-9(10)13-14(22)19-16(21-20-13)26-8-12(24)18-15-17-11(23)7-25-15/h3-6H,2,7-8H2,1H3,(H,17,18,23,24). The van der Waals surface area contributed by atoms with Crippen molar-refractivity contribution in [2.75, 3.05) is 11.5 Å². The molecule has 4 rings (SSSR count). The van der Waals surface area contributed by atoms with E-state index in [4.69, 9.17) is 0 Å². The minimum atomic E-state index is -0.348. The average molecular weight is 386 g/mol. The normalized spacial score (nSPS) is 15.9. The predicted octanol–water partition coefficient (Wildman–Crippen LogP) is 1.84. The Kier molecular flexibility index (Phi) is 4.60. The molecule has 8 nitrogen and oxygen atoms in total. The van der Waals surface area contributed by atoms with Crippen molar-refractivity contribution in [2.24, 2.45) is 4.99 Å². The van der Waals surface area contributed by atoms with Crippen LogP contribution in [0.4, 0.5) is 0 Å². The predicted molar refractivity (Wildman–Crippen MR) is 102 cm³/mol. The number of para-hydroxylation sites is 1. The van der Waals surface area contributed by atoms with Crippen molar-refractivity contribution in [3.8, 4) is 0 Å². The molecule has 1 aromatic carbocycles. The molecule has 0 spiro atoms. The summed E-state index contributed by atoms with van der Waals surface area (Å²) in [5, 5.41) is 12.8. The van der Waals surface area contributed by atoms with Crippen LogP contribution in [-0.2, 0) is 16.1 Å². The van der Waals surface area contributed by atoms with Crippen LogP contribution in [0, 0.1) is 0 Å². The molecule has 26 heavy (non-hydrogen) atoms. The number of carbonyl (C=O) groups is 2. The molecule has 10 heteroatoms. The lowest BCUT2D eigenvalue weighted by Crippen LogP contribution is -2.21. The Morgan fingerprint density at radius 3 is 3.00 bits per heavy atom. The van der Waals surface area contributed by atoms with Gasteiger partial charge in [-0.25, -0.2) is 4.98 Å². The number of amides is 2. The number of rotatable bonds is 4. The van der Waals surface area contributed by atoms with Gasteiger partial charge in [-0.15, -0.1) is 10.2 Å². The fourth-order valence-electron chi connectivity index (χ4n) is 2.73. The highest BCUT2D eigenvalue weighted by Crippen LogP contribution is 2.27. The summed E-state index contributed by atoms with van der Waals surface area (Å²) in [6, 6.07) is 7.97. The van der Waals surface area contributed by atoms with E-state index in [1.54, 1.807) is 0 Å². The van der Waals surface area contributed by atoms with Gasteiger partial charge in [0.2, 0.25) is 11.1 Å². The number of benzene rings is 1. The molecule has 1 N–H and O–H groups in total. The molecular formula is C16H14N6O2S2. The summed E-state index contributed by atoms with van der Waals surface area (Å²) in [5.74, 6) is -0.108. The number of fused-ring (bicyclic) bond motifs is 3. The number of aryl methyl sites for hydroxylation is 1. The second-order valence-corrected chi connectivity index (χ2v) is 7.37. The van der Waals surface area contributed by atoms with Gasteiger partial charge in [-0.1, -0.05) is 41.7 Å². The van der Waals surface area contributed by atoms with E-state index in [1.165, 1.54) is 23.5 Å². The van der Waals surface area contributed by atoms with Crippen LogP contribution in [0.2, 0.25) is 0 Å². The van der Waals surface area contributed by atoms with Crippen LogP contribution in [0.25, 0.3) is 22.1 Å². The Hall–Kier alpha value is -2.46. The molecule has 0 bridgehead atoms. The molecule has 132 valence electrons. The maximum Gasteiger partial charge on any atom is 0.258 e. The Balaban J connectivity index is 1.57. The third-order valence-corrected chi connectivity index (χ3v) is 5.50. The monoisotopic (exact) mass is 386 g/mol. The molecule has 0 unspecified atom stereocenters. The van der Waals surface area contributed by atoms with Crippen molar-refractivity contribution in [3.05, 3.63) is 24.3 Å². The van der Waals surface area contributed by atoms with Gasteiger partial charge in [-0.3, -0.25) is 9.59 Å². The van der Waals surface area contributed by atoms with Crippen LogP contribution in [-0.4, -0.2) is 48.2 Å². The molecule has 1 fully saturated rings.